The Kier molecular flexibility index (Phi) is 5.74. The van der Waals surface area contributed by atoms with Gasteiger partial charge in [0.15, 0.2) is 5.17 Å². The summed E-state index contributed by atoms with van der Waals surface area (Å²) in [7, 11) is 0. The van der Waals surface area contributed by atoms with Crippen LogP contribution in [0.25, 0.3) is 0 Å². The molecule has 0 aromatic heterocycles. The van der Waals surface area contributed by atoms with Crippen LogP contribution in [-0.4, -0.2) is 29.9 Å². The molecular weight excluding hydrogens is 174 g/mol. The highest BCUT2D eigenvalue weighted by Gasteiger charge is 2.03. The molecule has 0 heterocycles. The molecule has 12 heavy (non-hydrogen) atoms. The van der Waals surface area contributed by atoms with Crippen LogP contribution in [0.15, 0.2) is 0 Å². The van der Waals surface area contributed by atoms with Crippen LogP contribution in [0.2, 0.25) is 0 Å². The zero-order valence-electron chi connectivity index (χ0n) is 7.60. The maximum Gasteiger partial charge on any atom is 0.239 e. The number of amides is 1. The van der Waals surface area contributed by atoms with Gasteiger partial charge in [-0.1, -0.05) is 25.6 Å². The van der Waals surface area contributed by atoms with Gasteiger partial charge < -0.3 is 10.6 Å². The Morgan fingerprint density at radius 1 is 1.58 bits per heavy atom. The summed E-state index contributed by atoms with van der Waals surface area (Å²) in [5.74, 6) is -0.164. The van der Waals surface area contributed by atoms with Crippen molar-refractivity contribution in [3.8, 4) is 0 Å². The molecule has 0 aromatic carbocycles. The van der Waals surface area contributed by atoms with Crippen LogP contribution >= 0.6 is 11.8 Å². The third kappa shape index (κ3) is 6.18. The third-order valence-corrected chi connectivity index (χ3v) is 1.64. The van der Waals surface area contributed by atoms with Gasteiger partial charge in [-0.05, 0) is 6.26 Å². The number of rotatable bonds is 3. The van der Waals surface area contributed by atoms with E-state index in [4.69, 9.17) is 5.41 Å². The highest BCUT2D eigenvalue weighted by molar-refractivity contribution is 8.13. The van der Waals surface area contributed by atoms with Crippen LogP contribution in [0.4, 0.5) is 0 Å². The molecule has 4 nitrogen and oxygen atoms in total. The van der Waals surface area contributed by atoms with Crippen LogP contribution in [0.1, 0.15) is 13.8 Å². The lowest BCUT2D eigenvalue weighted by Crippen LogP contribution is -2.38. The summed E-state index contributed by atoms with van der Waals surface area (Å²) in [4.78, 5) is 11.0. The number of carbonyl (C=O) groups excluding carboxylic acids is 1. The lowest BCUT2D eigenvalue weighted by molar-refractivity contribution is -0.118. The first-order valence-corrected chi connectivity index (χ1v) is 4.94. The van der Waals surface area contributed by atoms with E-state index in [9.17, 15) is 4.79 Å². The van der Waals surface area contributed by atoms with Crippen LogP contribution in [0.5, 0.6) is 0 Å². The second-order valence-corrected chi connectivity index (χ2v) is 3.43. The highest BCUT2D eigenvalue weighted by atomic mass is 32.2. The molecule has 0 atom stereocenters. The lowest BCUT2D eigenvalue weighted by atomic mass is 10.4. The Bertz CT molecular complexity index is 170. The lowest BCUT2D eigenvalue weighted by Gasteiger charge is -2.07. The fraction of sp³-hybridized carbons (Fsp3) is 0.714. The Balaban J connectivity index is 3.53. The predicted octanol–water partition coefficient (Wildman–Crippen LogP) is 0.398. The second-order valence-electron chi connectivity index (χ2n) is 2.62. The summed E-state index contributed by atoms with van der Waals surface area (Å²) in [5, 5.41) is 12.7. The van der Waals surface area contributed by atoms with E-state index in [-0.39, 0.29) is 17.6 Å². The maximum absolute atomic E-state index is 11.0. The van der Waals surface area contributed by atoms with Gasteiger partial charge in [0.25, 0.3) is 0 Å². The van der Waals surface area contributed by atoms with Crippen LogP contribution < -0.4 is 10.6 Å². The average Bonchev–Trinajstić information content (AvgIpc) is 2.00. The van der Waals surface area contributed by atoms with Crippen LogP contribution in [0, 0.1) is 5.41 Å². The fourth-order valence-corrected chi connectivity index (χ4v) is 0.735. The normalized spacial score (nSPS) is 10.0. The fourth-order valence-electron chi connectivity index (χ4n) is 0.519. The molecule has 5 heteroatoms. The zero-order chi connectivity index (χ0) is 9.56. The van der Waals surface area contributed by atoms with Crippen molar-refractivity contribution in [3.05, 3.63) is 0 Å². The molecule has 0 aliphatic rings. The SMILES string of the molecule is CSC(=N)NC(=O)CNC(C)C. The smallest absolute Gasteiger partial charge is 0.239 e. The summed E-state index contributed by atoms with van der Waals surface area (Å²) in [6, 6.07) is 0.291. The Morgan fingerprint density at radius 3 is 2.58 bits per heavy atom. The summed E-state index contributed by atoms with van der Waals surface area (Å²) < 4.78 is 0. The van der Waals surface area contributed by atoms with Crippen molar-refractivity contribution in [3.63, 3.8) is 0 Å². The first kappa shape index (κ1) is 11.4. The van der Waals surface area contributed by atoms with E-state index in [1.54, 1.807) is 6.26 Å². The molecule has 0 rings (SSSR count). The molecule has 0 aromatic rings. The molecule has 0 radical (unpaired) electrons. The third-order valence-electron chi connectivity index (χ3n) is 1.13. The van der Waals surface area contributed by atoms with Gasteiger partial charge >= 0.3 is 0 Å². The maximum atomic E-state index is 11.0. The van der Waals surface area contributed by atoms with E-state index in [0.717, 1.165) is 0 Å². The molecule has 0 unspecified atom stereocenters. The van der Waals surface area contributed by atoms with Crippen LogP contribution in [-0.2, 0) is 4.79 Å². The van der Waals surface area contributed by atoms with E-state index in [2.05, 4.69) is 10.6 Å². The largest absolute Gasteiger partial charge is 0.306 e. The van der Waals surface area contributed by atoms with Crippen molar-refractivity contribution in [1.82, 2.24) is 10.6 Å². The summed E-state index contributed by atoms with van der Waals surface area (Å²) in [6.07, 6.45) is 1.75. The number of hydrogen-bond donors (Lipinski definition) is 3. The second kappa shape index (κ2) is 6.02. The van der Waals surface area contributed by atoms with E-state index >= 15 is 0 Å². The molecule has 0 aliphatic carbocycles. The number of amidine groups is 1. The number of carbonyl (C=O) groups is 1. The molecule has 0 spiro atoms. The Labute approximate surface area is 77.0 Å². The van der Waals surface area contributed by atoms with E-state index in [0.29, 0.717) is 6.04 Å². The van der Waals surface area contributed by atoms with Gasteiger partial charge in [0.2, 0.25) is 5.91 Å². The minimum atomic E-state index is -0.164. The first-order valence-electron chi connectivity index (χ1n) is 3.72. The van der Waals surface area contributed by atoms with Crippen molar-refractivity contribution in [2.75, 3.05) is 12.8 Å². The van der Waals surface area contributed by atoms with Gasteiger partial charge in [-0.2, -0.15) is 0 Å². The van der Waals surface area contributed by atoms with Gasteiger partial charge in [0.05, 0.1) is 6.54 Å². The molecule has 1 amide bonds. The van der Waals surface area contributed by atoms with E-state index in [1.165, 1.54) is 11.8 Å². The van der Waals surface area contributed by atoms with Crippen molar-refractivity contribution in [2.45, 2.75) is 19.9 Å². The number of nitrogens with one attached hydrogen (secondary N) is 3. The van der Waals surface area contributed by atoms with Gasteiger partial charge in [0, 0.05) is 6.04 Å². The molecule has 0 saturated heterocycles. The average molecular weight is 189 g/mol. The predicted molar refractivity (Wildman–Crippen MR) is 52.5 cm³/mol. The van der Waals surface area contributed by atoms with Crippen molar-refractivity contribution >= 4 is 22.8 Å². The molecule has 70 valence electrons. The topological polar surface area (TPSA) is 65.0 Å². The van der Waals surface area contributed by atoms with Gasteiger partial charge in [-0.15, -0.1) is 0 Å². The molecular formula is C7H15N3OS. The standard InChI is InChI=1S/C7H15N3OS/c1-5(2)9-4-6(11)10-7(8)12-3/h5,9H,4H2,1-3H3,(H2,8,10,11). The minimum Gasteiger partial charge on any atom is -0.306 e. The van der Waals surface area contributed by atoms with Gasteiger partial charge in [-0.3, -0.25) is 10.2 Å². The van der Waals surface area contributed by atoms with E-state index < -0.39 is 0 Å². The molecule has 0 aliphatic heterocycles. The van der Waals surface area contributed by atoms with Crippen molar-refractivity contribution in [1.29, 1.82) is 5.41 Å². The zero-order valence-corrected chi connectivity index (χ0v) is 8.42. The summed E-state index contributed by atoms with van der Waals surface area (Å²) in [5.41, 5.74) is 0. The monoisotopic (exact) mass is 189 g/mol. The first-order chi connectivity index (χ1) is 5.56. The summed E-state index contributed by atoms with van der Waals surface area (Å²) >= 11 is 1.21. The molecule has 0 fully saturated rings. The summed E-state index contributed by atoms with van der Waals surface area (Å²) in [6.45, 7) is 4.20. The van der Waals surface area contributed by atoms with E-state index in [1.807, 2.05) is 13.8 Å². The highest BCUT2D eigenvalue weighted by Crippen LogP contribution is 1.89. The van der Waals surface area contributed by atoms with Crippen molar-refractivity contribution in [2.24, 2.45) is 0 Å². The van der Waals surface area contributed by atoms with Crippen molar-refractivity contribution < 1.29 is 4.79 Å². The van der Waals surface area contributed by atoms with Crippen LogP contribution in [0.3, 0.4) is 0 Å². The number of thioether (sulfide) groups is 1. The Hall–Kier alpha value is -0.550. The Morgan fingerprint density at radius 2 is 2.17 bits per heavy atom. The molecule has 0 saturated carbocycles. The van der Waals surface area contributed by atoms with Gasteiger partial charge in [0.1, 0.15) is 0 Å². The molecule has 3 N–H and O–H groups in total. The quantitative estimate of drug-likeness (QED) is 0.445. The van der Waals surface area contributed by atoms with Gasteiger partial charge in [-0.25, -0.2) is 0 Å². The minimum absolute atomic E-state index is 0.164. The number of hydrogen-bond acceptors (Lipinski definition) is 4. The molecule has 0 bridgehead atoms.